The molecule has 2 N–H and O–H groups in total. The van der Waals surface area contributed by atoms with Gasteiger partial charge in [-0.3, -0.25) is 4.79 Å². The van der Waals surface area contributed by atoms with E-state index in [1.54, 1.807) is 0 Å². The van der Waals surface area contributed by atoms with Crippen LogP contribution >= 0.6 is 0 Å². The van der Waals surface area contributed by atoms with E-state index in [2.05, 4.69) is 11.2 Å². The van der Waals surface area contributed by atoms with Gasteiger partial charge in [0.15, 0.2) is 0 Å². The third-order valence-electron chi connectivity index (χ3n) is 2.33. The van der Waals surface area contributed by atoms with Crippen LogP contribution in [-0.2, 0) is 4.79 Å². The molecule has 1 aliphatic carbocycles. The van der Waals surface area contributed by atoms with Crippen LogP contribution in [-0.4, -0.2) is 41.1 Å². The zero-order valence-electron chi connectivity index (χ0n) is 9.11. The summed E-state index contributed by atoms with van der Waals surface area (Å²) in [5, 5.41) is 11.3. The highest BCUT2D eigenvalue weighted by Gasteiger charge is 2.33. The third kappa shape index (κ3) is 4.22. The summed E-state index contributed by atoms with van der Waals surface area (Å²) in [5.74, 6) is 1.50. The van der Waals surface area contributed by atoms with E-state index in [1.807, 2.05) is 0 Å². The van der Waals surface area contributed by atoms with Crippen LogP contribution in [0, 0.1) is 12.3 Å². The van der Waals surface area contributed by atoms with E-state index < -0.39 is 5.97 Å². The molecule has 0 aromatic heterocycles. The zero-order valence-corrected chi connectivity index (χ0v) is 9.11. The van der Waals surface area contributed by atoms with Gasteiger partial charge in [-0.05, 0) is 19.3 Å². The number of nitrogens with zero attached hydrogens (tertiary/aromatic N) is 1. The molecule has 1 fully saturated rings. The lowest BCUT2D eigenvalue weighted by Crippen LogP contribution is -2.44. The maximum Gasteiger partial charge on any atom is 0.323 e. The molecule has 0 spiro atoms. The number of urea groups is 1. The lowest BCUT2D eigenvalue weighted by Gasteiger charge is -2.20. The van der Waals surface area contributed by atoms with Crippen molar-refractivity contribution < 1.29 is 14.7 Å². The van der Waals surface area contributed by atoms with Gasteiger partial charge in [-0.2, -0.15) is 0 Å². The summed E-state index contributed by atoms with van der Waals surface area (Å²) < 4.78 is 0. The molecule has 0 unspecified atom stereocenters. The van der Waals surface area contributed by atoms with Crippen molar-refractivity contribution >= 4 is 12.0 Å². The molecule has 16 heavy (non-hydrogen) atoms. The smallest absolute Gasteiger partial charge is 0.323 e. The van der Waals surface area contributed by atoms with Crippen LogP contribution in [0.4, 0.5) is 4.79 Å². The fourth-order valence-electron chi connectivity index (χ4n) is 1.39. The second kappa shape index (κ2) is 6.01. The topological polar surface area (TPSA) is 69.6 Å². The molecule has 0 aromatic carbocycles. The molecule has 0 saturated heterocycles. The Morgan fingerprint density at radius 3 is 2.69 bits per heavy atom. The number of hydrogen-bond donors (Lipinski definition) is 2. The number of carboxylic acid groups (broad SMARTS) is 1. The molecule has 0 atom stereocenters. The highest BCUT2D eigenvalue weighted by Crippen LogP contribution is 2.26. The minimum Gasteiger partial charge on any atom is -0.480 e. The number of terminal acetylenes is 1. The predicted octanol–water partition coefficient (Wildman–Crippen LogP) is 0.658. The molecule has 1 aliphatic rings. The van der Waals surface area contributed by atoms with Crippen LogP contribution in [0.5, 0.6) is 0 Å². The lowest BCUT2D eigenvalue weighted by molar-refractivity contribution is -0.137. The Balaban J connectivity index is 2.30. The maximum atomic E-state index is 11.6. The zero-order chi connectivity index (χ0) is 12.0. The second-order valence-corrected chi connectivity index (χ2v) is 3.79. The Hall–Kier alpha value is -1.70. The first-order chi connectivity index (χ1) is 7.65. The first-order valence-electron chi connectivity index (χ1n) is 5.35. The van der Waals surface area contributed by atoms with Gasteiger partial charge in [0.2, 0.25) is 0 Å². The second-order valence-electron chi connectivity index (χ2n) is 3.79. The Kier molecular flexibility index (Phi) is 4.65. The fourth-order valence-corrected chi connectivity index (χ4v) is 1.39. The van der Waals surface area contributed by atoms with Crippen molar-refractivity contribution in [2.24, 2.45) is 0 Å². The van der Waals surface area contributed by atoms with Gasteiger partial charge in [0.05, 0.1) is 0 Å². The highest BCUT2D eigenvalue weighted by atomic mass is 16.4. The Labute approximate surface area is 94.8 Å². The standard InChI is InChI=1S/C11H16N2O3/c1-2-3-4-7-12-11(16)13(8-10(14)15)9-5-6-9/h1,9H,3-8H2,(H,12,16)(H,14,15). The first kappa shape index (κ1) is 12.4. The van der Waals surface area contributed by atoms with Gasteiger partial charge in [0.1, 0.15) is 6.54 Å². The summed E-state index contributed by atoms with van der Waals surface area (Å²) in [6.07, 6.45) is 8.20. The minimum atomic E-state index is -0.981. The summed E-state index contributed by atoms with van der Waals surface area (Å²) in [4.78, 5) is 23.6. The minimum absolute atomic E-state index is 0.101. The molecule has 88 valence electrons. The summed E-state index contributed by atoms with van der Waals surface area (Å²) >= 11 is 0. The number of amides is 2. The van der Waals surface area contributed by atoms with Crippen LogP contribution in [0.15, 0.2) is 0 Å². The van der Waals surface area contributed by atoms with E-state index >= 15 is 0 Å². The van der Waals surface area contributed by atoms with Crippen LogP contribution in [0.1, 0.15) is 25.7 Å². The van der Waals surface area contributed by atoms with E-state index in [0.717, 1.165) is 12.8 Å². The van der Waals surface area contributed by atoms with Gasteiger partial charge in [0, 0.05) is 19.0 Å². The summed E-state index contributed by atoms with van der Waals surface area (Å²) in [7, 11) is 0. The number of aliphatic carboxylic acids is 1. The van der Waals surface area contributed by atoms with E-state index in [0.29, 0.717) is 19.4 Å². The molecule has 0 aromatic rings. The first-order valence-corrected chi connectivity index (χ1v) is 5.35. The predicted molar refractivity (Wildman–Crippen MR) is 58.8 cm³/mol. The molecule has 5 heteroatoms. The van der Waals surface area contributed by atoms with Crippen molar-refractivity contribution in [3.8, 4) is 12.3 Å². The number of carbonyl (C=O) groups excluding carboxylic acids is 1. The van der Waals surface area contributed by atoms with Crippen LogP contribution in [0.2, 0.25) is 0 Å². The van der Waals surface area contributed by atoms with Gasteiger partial charge in [-0.15, -0.1) is 12.3 Å². The molecular weight excluding hydrogens is 208 g/mol. The van der Waals surface area contributed by atoms with Crippen molar-refractivity contribution in [3.63, 3.8) is 0 Å². The molecule has 1 rings (SSSR count). The largest absolute Gasteiger partial charge is 0.480 e. The normalized spacial score (nSPS) is 13.9. The van der Waals surface area contributed by atoms with Crippen LogP contribution in [0.25, 0.3) is 0 Å². The van der Waals surface area contributed by atoms with Crippen molar-refractivity contribution in [2.75, 3.05) is 13.1 Å². The van der Waals surface area contributed by atoms with Crippen molar-refractivity contribution in [2.45, 2.75) is 31.7 Å². The average Bonchev–Trinajstić information content (AvgIpc) is 3.04. The van der Waals surface area contributed by atoms with Gasteiger partial charge < -0.3 is 15.3 Å². The number of hydrogen-bond acceptors (Lipinski definition) is 2. The maximum absolute atomic E-state index is 11.6. The number of rotatable bonds is 6. The summed E-state index contributed by atoms with van der Waals surface area (Å²) in [6, 6.07) is -0.203. The summed E-state index contributed by atoms with van der Waals surface area (Å²) in [5.41, 5.74) is 0. The Morgan fingerprint density at radius 2 is 2.19 bits per heavy atom. The van der Waals surface area contributed by atoms with Crippen molar-refractivity contribution in [1.82, 2.24) is 10.2 Å². The fraction of sp³-hybridized carbons (Fsp3) is 0.636. The molecule has 0 bridgehead atoms. The number of nitrogens with one attached hydrogen (secondary N) is 1. The van der Waals surface area contributed by atoms with Crippen molar-refractivity contribution in [1.29, 1.82) is 0 Å². The molecule has 5 nitrogen and oxygen atoms in total. The van der Waals surface area contributed by atoms with Gasteiger partial charge in [0.25, 0.3) is 0 Å². The Bertz CT molecular complexity index is 305. The third-order valence-corrected chi connectivity index (χ3v) is 2.33. The number of carbonyl (C=O) groups is 2. The SMILES string of the molecule is C#CCCCNC(=O)N(CC(=O)O)C1CC1. The van der Waals surface area contributed by atoms with E-state index in [9.17, 15) is 9.59 Å². The van der Waals surface area contributed by atoms with Gasteiger partial charge in [-0.1, -0.05) is 0 Å². The monoisotopic (exact) mass is 224 g/mol. The lowest BCUT2D eigenvalue weighted by atomic mass is 10.3. The molecule has 0 aliphatic heterocycles. The number of unbranched alkanes of at least 4 members (excludes halogenated alkanes) is 1. The van der Waals surface area contributed by atoms with Gasteiger partial charge in [-0.25, -0.2) is 4.79 Å². The van der Waals surface area contributed by atoms with E-state index in [-0.39, 0.29) is 18.6 Å². The molecule has 0 heterocycles. The number of carboxylic acids is 1. The molecular formula is C11H16N2O3. The highest BCUT2D eigenvalue weighted by molar-refractivity contribution is 5.80. The molecule has 1 saturated carbocycles. The van der Waals surface area contributed by atoms with E-state index in [1.165, 1.54) is 4.90 Å². The van der Waals surface area contributed by atoms with Crippen LogP contribution in [0.3, 0.4) is 0 Å². The average molecular weight is 224 g/mol. The van der Waals surface area contributed by atoms with Gasteiger partial charge >= 0.3 is 12.0 Å². The summed E-state index contributed by atoms with van der Waals surface area (Å²) in [6.45, 7) is 0.261. The quantitative estimate of drug-likeness (QED) is 0.514. The molecule has 0 radical (unpaired) electrons. The van der Waals surface area contributed by atoms with Crippen LogP contribution < -0.4 is 5.32 Å². The Morgan fingerprint density at radius 1 is 1.50 bits per heavy atom. The molecule has 2 amide bonds. The van der Waals surface area contributed by atoms with E-state index in [4.69, 9.17) is 11.5 Å². The van der Waals surface area contributed by atoms with Crippen molar-refractivity contribution in [3.05, 3.63) is 0 Å².